The second kappa shape index (κ2) is 6.15. The average Bonchev–Trinajstić information content (AvgIpc) is 2.42. The summed E-state index contributed by atoms with van der Waals surface area (Å²) < 4.78 is 0. The maximum Gasteiger partial charge on any atom is 0.269 e. The molecule has 0 heterocycles. The number of nitrogens with two attached hydrogens (primary N) is 1. The van der Waals surface area contributed by atoms with Gasteiger partial charge in [0.25, 0.3) is 5.69 Å². The van der Waals surface area contributed by atoms with Gasteiger partial charge in [-0.25, -0.2) is 0 Å². The van der Waals surface area contributed by atoms with E-state index in [1.807, 2.05) is 12.1 Å². The maximum absolute atomic E-state index is 10.6. The van der Waals surface area contributed by atoms with Gasteiger partial charge in [0, 0.05) is 18.2 Å². The molecule has 1 aliphatic rings. The normalized spacial score (nSPS) is 27.2. The molecule has 4 nitrogen and oxygen atoms in total. The van der Waals surface area contributed by atoms with Gasteiger partial charge in [-0.15, -0.1) is 0 Å². The maximum atomic E-state index is 10.6. The molecule has 0 spiro atoms. The van der Waals surface area contributed by atoms with Crippen LogP contribution in [-0.2, 0) is 6.42 Å². The van der Waals surface area contributed by atoms with Crippen LogP contribution in [-0.4, -0.2) is 11.0 Å². The van der Waals surface area contributed by atoms with Crippen molar-refractivity contribution in [3.63, 3.8) is 0 Å². The van der Waals surface area contributed by atoms with Crippen LogP contribution in [0.5, 0.6) is 0 Å². The Morgan fingerprint density at radius 3 is 2.58 bits per heavy atom. The summed E-state index contributed by atoms with van der Waals surface area (Å²) in [4.78, 5) is 10.3. The quantitative estimate of drug-likeness (QED) is 0.668. The Kier molecular flexibility index (Phi) is 4.53. The van der Waals surface area contributed by atoms with E-state index in [-0.39, 0.29) is 16.7 Å². The lowest BCUT2D eigenvalue weighted by molar-refractivity contribution is -0.384. The van der Waals surface area contributed by atoms with Crippen molar-refractivity contribution >= 4 is 5.69 Å². The second-order valence-electron chi connectivity index (χ2n) is 5.64. The van der Waals surface area contributed by atoms with E-state index in [4.69, 9.17) is 5.73 Å². The molecule has 0 aliphatic heterocycles. The van der Waals surface area contributed by atoms with E-state index in [1.54, 1.807) is 12.1 Å². The number of rotatable bonds is 4. The molecule has 2 N–H and O–H groups in total. The molecule has 3 atom stereocenters. The lowest BCUT2D eigenvalue weighted by Gasteiger charge is -2.33. The largest absolute Gasteiger partial charge is 0.327 e. The summed E-state index contributed by atoms with van der Waals surface area (Å²) >= 11 is 0. The SMILES string of the molecule is CCC1CCC(N)C(Cc2ccc([N+](=O)[O-])cc2)C1. The van der Waals surface area contributed by atoms with Crippen molar-refractivity contribution in [2.75, 3.05) is 0 Å². The van der Waals surface area contributed by atoms with Crippen LogP contribution in [0.2, 0.25) is 0 Å². The molecule has 0 bridgehead atoms. The third-order valence-electron chi connectivity index (χ3n) is 4.37. The molecule has 104 valence electrons. The Bertz CT molecular complexity index is 430. The molecule has 1 saturated carbocycles. The predicted octanol–water partition coefficient (Wildman–Crippen LogP) is 3.29. The minimum absolute atomic E-state index is 0.156. The van der Waals surface area contributed by atoms with Crippen molar-refractivity contribution in [2.45, 2.75) is 45.1 Å². The highest BCUT2D eigenvalue weighted by molar-refractivity contribution is 5.33. The zero-order chi connectivity index (χ0) is 13.8. The average molecular weight is 262 g/mol. The van der Waals surface area contributed by atoms with E-state index < -0.39 is 0 Å². The number of nitro groups is 1. The number of hydrogen-bond acceptors (Lipinski definition) is 3. The minimum atomic E-state index is -0.358. The molecule has 1 aliphatic carbocycles. The highest BCUT2D eigenvalue weighted by atomic mass is 16.6. The Hall–Kier alpha value is -1.42. The van der Waals surface area contributed by atoms with Crippen molar-refractivity contribution in [1.82, 2.24) is 0 Å². The van der Waals surface area contributed by atoms with Gasteiger partial charge in [-0.05, 0) is 43.1 Å². The number of nitro benzene ring substituents is 1. The fourth-order valence-corrected chi connectivity index (χ4v) is 3.05. The first-order valence-electron chi connectivity index (χ1n) is 7.09. The lowest BCUT2D eigenvalue weighted by Crippen LogP contribution is -2.37. The van der Waals surface area contributed by atoms with Gasteiger partial charge >= 0.3 is 0 Å². The van der Waals surface area contributed by atoms with Gasteiger partial charge in [-0.3, -0.25) is 10.1 Å². The number of hydrogen-bond donors (Lipinski definition) is 1. The van der Waals surface area contributed by atoms with Crippen molar-refractivity contribution in [1.29, 1.82) is 0 Å². The number of non-ortho nitro benzene ring substituents is 1. The smallest absolute Gasteiger partial charge is 0.269 e. The standard InChI is InChI=1S/C15H22N2O2/c1-2-11-5-8-15(16)13(9-11)10-12-3-6-14(7-4-12)17(18)19/h3-4,6-7,11,13,15H,2,5,8-10,16H2,1H3. The molecular formula is C15H22N2O2. The van der Waals surface area contributed by atoms with Crippen molar-refractivity contribution in [3.05, 3.63) is 39.9 Å². The Morgan fingerprint density at radius 1 is 1.32 bits per heavy atom. The minimum Gasteiger partial charge on any atom is -0.327 e. The van der Waals surface area contributed by atoms with Gasteiger partial charge in [0.05, 0.1) is 4.92 Å². The Morgan fingerprint density at radius 2 is 2.00 bits per heavy atom. The zero-order valence-electron chi connectivity index (χ0n) is 11.4. The Balaban J connectivity index is 2.01. The van der Waals surface area contributed by atoms with Gasteiger partial charge in [-0.1, -0.05) is 25.5 Å². The Labute approximate surface area is 114 Å². The summed E-state index contributed by atoms with van der Waals surface area (Å²) in [7, 11) is 0. The third-order valence-corrected chi connectivity index (χ3v) is 4.37. The van der Waals surface area contributed by atoms with Gasteiger partial charge in [-0.2, -0.15) is 0 Å². The molecule has 0 saturated heterocycles. The monoisotopic (exact) mass is 262 g/mol. The van der Waals surface area contributed by atoms with Gasteiger partial charge in [0.2, 0.25) is 0 Å². The summed E-state index contributed by atoms with van der Waals surface area (Å²) in [6, 6.07) is 7.17. The summed E-state index contributed by atoms with van der Waals surface area (Å²) in [5.41, 5.74) is 7.52. The van der Waals surface area contributed by atoms with E-state index >= 15 is 0 Å². The number of benzene rings is 1. The van der Waals surface area contributed by atoms with Crippen LogP contribution in [0.1, 0.15) is 38.2 Å². The first kappa shape index (κ1) is 14.0. The summed E-state index contributed by atoms with van der Waals surface area (Å²) in [6.45, 7) is 2.24. The van der Waals surface area contributed by atoms with Crippen LogP contribution in [0.15, 0.2) is 24.3 Å². The van der Waals surface area contributed by atoms with Gasteiger partial charge in [0.15, 0.2) is 0 Å². The van der Waals surface area contributed by atoms with E-state index in [9.17, 15) is 10.1 Å². The van der Waals surface area contributed by atoms with Crippen LogP contribution in [0.4, 0.5) is 5.69 Å². The molecule has 1 aromatic carbocycles. The van der Waals surface area contributed by atoms with Gasteiger partial charge in [0.1, 0.15) is 0 Å². The molecule has 2 rings (SSSR count). The highest BCUT2D eigenvalue weighted by Gasteiger charge is 2.27. The van der Waals surface area contributed by atoms with Crippen molar-refractivity contribution in [3.8, 4) is 0 Å². The fraction of sp³-hybridized carbons (Fsp3) is 0.600. The first-order valence-corrected chi connectivity index (χ1v) is 7.09. The third kappa shape index (κ3) is 3.53. The molecule has 1 aromatic rings. The highest BCUT2D eigenvalue weighted by Crippen LogP contribution is 2.32. The van der Waals surface area contributed by atoms with Crippen LogP contribution >= 0.6 is 0 Å². The van der Waals surface area contributed by atoms with Crippen molar-refractivity contribution in [2.24, 2.45) is 17.6 Å². The molecule has 19 heavy (non-hydrogen) atoms. The predicted molar refractivity (Wildman–Crippen MR) is 75.9 cm³/mol. The first-order chi connectivity index (χ1) is 9.10. The summed E-state index contributed by atoms with van der Waals surface area (Å²) in [5, 5.41) is 10.6. The molecule has 1 fully saturated rings. The fourth-order valence-electron chi connectivity index (χ4n) is 3.05. The van der Waals surface area contributed by atoms with Crippen LogP contribution in [0, 0.1) is 22.0 Å². The molecule has 3 unspecified atom stereocenters. The van der Waals surface area contributed by atoms with Crippen molar-refractivity contribution < 1.29 is 4.92 Å². The summed E-state index contributed by atoms with van der Waals surface area (Å²) in [6.07, 6.45) is 5.71. The number of nitrogens with zero attached hydrogens (tertiary/aromatic N) is 1. The molecular weight excluding hydrogens is 240 g/mol. The van der Waals surface area contributed by atoms with Crippen LogP contribution in [0.25, 0.3) is 0 Å². The van der Waals surface area contributed by atoms with E-state index in [2.05, 4.69) is 6.92 Å². The molecule has 0 amide bonds. The van der Waals surface area contributed by atoms with E-state index in [1.165, 1.54) is 19.3 Å². The molecule has 4 heteroatoms. The zero-order valence-corrected chi connectivity index (χ0v) is 11.4. The van der Waals surface area contributed by atoms with Crippen LogP contribution < -0.4 is 5.73 Å². The van der Waals surface area contributed by atoms with Crippen LogP contribution in [0.3, 0.4) is 0 Å². The second-order valence-corrected chi connectivity index (χ2v) is 5.64. The van der Waals surface area contributed by atoms with E-state index in [0.29, 0.717) is 5.92 Å². The molecule has 0 aromatic heterocycles. The molecule has 0 radical (unpaired) electrons. The topological polar surface area (TPSA) is 69.2 Å². The summed E-state index contributed by atoms with van der Waals surface area (Å²) in [5.74, 6) is 1.31. The van der Waals surface area contributed by atoms with E-state index in [0.717, 1.165) is 24.3 Å². The van der Waals surface area contributed by atoms with Gasteiger partial charge < -0.3 is 5.73 Å². The lowest BCUT2D eigenvalue weighted by atomic mass is 9.75.